The number of anilines is 2. The Morgan fingerprint density at radius 1 is 0.882 bits per heavy atom. The highest BCUT2D eigenvalue weighted by molar-refractivity contribution is 6.02. The molecule has 1 fully saturated rings. The number of carbonyl (C=O) groups is 1. The third kappa shape index (κ3) is 6.17. The first-order valence-corrected chi connectivity index (χ1v) is 11.5. The number of benzene rings is 3. The van der Waals surface area contributed by atoms with E-state index in [1.807, 2.05) is 36.4 Å². The highest BCUT2D eigenvalue weighted by Gasteiger charge is 2.31. The third-order valence-electron chi connectivity index (χ3n) is 6.20. The second-order valence-corrected chi connectivity index (χ2v) is 8.52. The van der Waals surface area contributed by atoms with Crippen molar-refractivity contribution >= 4 is 17.4 Å². The van der Waals surface area contributed by atoms with Gasteiger partial charge in [-0.3, -0.25) is 4.90 Å². The zero-order chi connectivity index (χ0) is 24.0. The van der Waals surface area contributed by atoms with Gasteiger partial charge in [0.15, 0.2) is 0 Å². The molecule has 4 nitrogen and oxygen atoms in total. The summed E-state index contributed by atoms with van der Waals surface area (Å²) in [5, 5.41) is 2.78. The van der Waals surface area contributed by atoms with Crippen LogP contribution in [0.15, 0.2) is 84.9 Å². The molecule has 0 radical (unpaired) electrons. The molecule has 7 heteroatoms. The monoisotopic (exact) mass is 467 g/mol. The van der Waals surface area contributed by atoms with Crippen molar-refractivity contribution in [3.8, 4) is 0 Å². The van der Waals surface area contributed by atoms with Crippen molar-refractivity contribution in [2.75, 3.05) is 29.9 Å². The van der Waals surface area contributed by atoms with Gasteiger partial charge >= 0.3 is 12.2 Å². The summed E-state index contributed by atoms with van der Waals surface area (Å²) in [6.07, 6.45) is -1.77. The number of nitrogens with one attached hydrogen (secondary N) is 1. The maximum Gasteiger partial charge on any atom is 0.416 e. The minimum Gasteiger partial charge on any atom is -0.308 e. The van der Waals surface area contributed by atoms with Crippen LogP contribution in [0.25, 0.3) is 0 Å². The Labute approximate surface area is 198 Å². The fourth-order valence-corrected chi connectivity index (χ4v) is 4.34. The molecule has 178 valence electrons. The first-order chi connectivity index (χ1) is 16.4. The van der Waals surface area contributed by atoms with Crippen LogP contribution in [0.4, 0.5) is 29.3 Å². The number of likely N-dealkylation sites (tertiary alicyclic amines) is 1. The Bertz CT molecular complexity index is 1050. The van der Waals surface area contributed by atoms with Crippen molar-refractivity contribution in [1.29, 1.82) is 0 Å². The summed E-state index contributed by atoms with van der Waals surface area (Å²) in [6, 6.07) is 24.0. The van der Waals surface area contributed by atoms with Gasteiger partial charge in [0, 0.05) is 37.1 Å². The molecule has 34 heavy (non-hydrogen) atoms. The zero-order valence-corrected chi connectivity index (χ0v) is 18.8. The molecule has 0 spiro atoms. The molecule has 0 unspecified atom stereocenters. The van der Waals surface area contributed by atoms with E-state index in [0.717, 1.165) is 56.7 Å². The number of urea groups is 1. The number of piperidine rings is 1. The standard InChI is InChI=1S/C27H28F3N3O/c28-27(29,30)22-11-13-23(14-12-22)31-26(34)33(24-9-5-2-6-10-24)25-16-19-32(20-17-25)18-15-21-7-3-1-4-8-21/h1-14,25H,15-20H2,(H,31,34). The van der Waals surface area contributed by atoms with Crippen LogP contribution in [0.5, 0.6) is 0 Å². The van der Waals surface area contributed by atoms with Gasteiger partial charge in [-0.2, -0.15) is 13.2 Å². The number of hydrogen-bond acceptors (Lipinski definition) is 2. The molecule has 3 aromatic carbocycles. The lowest BCUT2D eigenvalue weighted by molar-refractivity contribution is -0.137. The topological polar surface area (TPSA) is 35.6 Å². The average Bonchev–Trinajstić information content (AvgIpc) is 2.85. The van der Waals surface area contributed by atoms with Gasteiger partial charge in [0.25, 0.3) is 0 Å². The first-order valence-electron chi connectivity index (χ1n) is 11.5. The van der Waals surface area contributed by atoms with Crippen LogP contribution in [-0.4, -0.2) is 36.6 Å². The minimum atomic E-state index is -4.41. The normalized spacial score (nSPS) is 15.1. The summed E-state index contributed by atoms with van der Waals surface area (Å²) < 4.78 is 38.6. The van der Waals surface area contributed by atoms with Crippen LogP contribution in [0, 0.1) is 0 Å². The molecule has 2 amide bonds. The molecule has 1 heterocycles. The summed E-state index contributed by atoms with van der Waals surface area (Å²) in [5.74, 6) is 0. The highest BCUT2D eigenvalue weighted by Crippen LogP contribution is 2.30. The second kappa shape index (κ2) is 10.7. The number of hydrogen-bond donors (Lipinski definition) is 1. The molecule has 0 aliphatic carbocycles. The number of amides is 2. The Morgan fingerprint density at radius 2 is 1.47 bits per heavy atom. The van der Waals surface area contributed by atoms with Crippen LogP contribution < -0.4 is 10.2 Å². The van der Waals surface area contributed by atoms with Crippen LogP contribution in [0.2, 0.25) is 0 Å². The van der Waals surface area contributed by atoms with Gasteiger partial charge < -0.3 is 10.2 Å². The van der Waals surface area contributed by atoms with E-state index in [9.17, 15) is 18.0 Å². The SMILES string of the molecule is O=C(Nc1ccc(C(F)(F)F)cc1)N(c1ccccc1)C1CCN(CCc2ccccc2)CC1. The number of para-hydroxylation sites is 1. The van der Waals surface area contributed by atoms with Crippen molar-refractivity contribution in [3.63, 3.8) is 0 Å². The molecular formula is C27H28F3N3O. The van der Waals surface area contributed by atoms with E-state index in [0.29, 0.717) is 5.69 Å². The predicted molar refractivity (Wildman–Crippen MR) is 129 cm³/mol. The van der Waals surface area contributed by atoms with E-state index in [1.54, 1.807) is 4.90 Å². The molecule has 0 bridgehead atoms. The number of nitrogens with zero attached hydrogens (tertiary/aromatic N) is 2. The van der Waals surface area contributed by atoms with Gasteiger partial charge in [-0.25, -0.2) is 4.79 Å². The molecule has 1 aliphatic heterocycles. The van der Waals surface area contributed by atoms with Gasteiger partial charge in [0.2, 0.25) is 0 Å². The summed E-state index contributed by atoms with van der Waals surface area (Å²) in [7, 11) is 0. The molecular weight excluding hydrogens is 439 g/mol. The second-order valence-electron chi connectivity index (χ2n) is 8.52. The zero-order valence-electron chi connectivity index (χ0n) is 18.8. The molecule has 1 saturated heterocycles. The predicted octanol–water partition coefficient (Wildman–Crippen LogP) is 6.45. The first kappa shape index (κ1) is 23.8. The molecule has 3 aromatic rings. The van der Waals surface area contributed by atoms with Gasteiger partial charge in [0.05, 0.1) is 5.56 Å². The lowest BCUT2D eigenvalue weighted by Crippen LogP contribution is -2.49. The van der Waals surface area contributed by atoms with Crippen LogP contribution in [0.1, 0.15) is 24.0 Å². The Morgan fingerprint density at radius 3 is 2.06 bits per heavy atom. The molecule has 0 atom stereocenters. The van der Waals surface area contributed by atoms with E-state index >= 15 is 0 Å². The smallest absolute Gasteiger partial charge is 0.308 e. The van der Waals surface area contributed by atoms with Gasteiger partial charge in [-0.15, -0.1) is 0 Å². The van der Waals surface area contributed by atoms with Crippen molar-refractivity contribution in [2.45, 2.75) is 31.5 Å². The van der Waals surface area contributed by atoms with Crippen molar-refractivity contribution in [1.82, 2.24) is 4.90 Å². The summed E-state index contributed by atoms with van der Waals surface area (Å²) in [6.45, 7) is 2.74. The summed E-state index contributed by atoms with van der Waals surface area (Å²) >= 11 is 0. The van der Waals surface area contributed by atoms with E-state index < -0.39 is 11.7 Å². The quantitative estimate of drug-likeness (QED) is 0.452. The largest absolute Gasteiger partial charge is 0.416 e. The van der Waals surface area contributed by atoms with Gasteiger partial charge in [0.1, 0.15) is 0 Å². The number of carbonyl (C=O) groups excluding carboxylic acids is 1. The molecule has 1 aliphatic rings. The fourth-order valence-electron chi connectivity index (χ4n) is 4.34. The molecule has 0 aromatic heterocycles. The van der Waals surface area contributed by atoms with E-state index in [-0.39, 0.29) is 12.1 Å². The number of alkyl halides is 3. The van der Waals surface area contributed by atoms with Crippen LogP contribution in [0.3, 0.4) is 0 Å². The number of rotatable bonds is 6. The Balaban J connectivity index is 1.41. The summed E-state index contributed by atoms with van der Waals surface area (Å²) in [5.41, 5.74) is 1.67. The minimum absolute atomic E-state index is 0.00447. The maximum atomic E-state index is 13.3. The van der Waals surface area contributed by atoms with E-state index in [2.05, 4.69) is 34.5 Å². The Kier molecular flexibility index (Phi) is 7.53. The Hall–Kier alpha value is -3.32. The lowest BCUT2D eigenvalue weighted by atomic mass is 10.0. The fraction of sp³-hybridized carbons (Fsp3) is 0.296. The van der Waals surface area contributed by atoms with Gasteiger partial charge in [-0.1, -0.05) is 48.5 Å². The van der Waals surface area contributed by atoms with Crippen molar-refractivity contribution in [3.05, 3.63) is 96.1 Å². The molecule has 1 N–H and O–H groups in total. The molecule has 4 rings (SSSR count). The highest BCUT2D eigenvalue weighted by atomic mass is 19.4. The number of halogens is 3. The molecule has 0 saturated carbocycles. The maximum absolute atomic E-state index is 13.3. The lowest BCUT2D eigenvalue weighted by Gasteiger charge is -2.38. The van der Waals surface area contributed by atoms with E-state index in [1.165, 1.54) is 17.7 Å². The summed E-state index contributed by atoms with van der Waals surface area (Å²) in [4.78, 5) is 17.4. The van der Waals surface area contributed by atoms with Gasteiger partial charge in [-0.05, 0) is 61.2 Å². The van der Waals surface area contributed by atoms with E-state index in [4.69, 9.17) is 0 Å². The van der Waals surface area contributed by atoms with Crippen LogP contribution in [-0.2, 0) is 12.6 Å². The van der Waals surface area contributed by atoms with Crippen molar-refractivity contribution in [2.24, 2.45) is 0 Å². The third-order valence-corrected chi connectivity index (χ3v) is 6.20. The average molecular weight is 468 g/mol. The van der Waals surface area contributed by atoms with Crippen molar-refractivity contribution < 1.29 is 18.0 Å². The van der Waals surface area contributed by atoms with Crippen LogP contribution >= 0.6 is 0 Å².